The number of nitrogens with zero attached hydrogens (tertiary/aromatic N) is 1. The second kappa shape index (κ2) is 4.53. The first-order valence-corrected chi connectivity index (χ1v) is 6.48. The maximum Gasteiger partial charge on any atom is 0.119 e. The number of ether oxygens (including phenoxy) is 1. The zero-order valence-electron chi connectivity index (χ0n) is 7.33. The van der Waals surface area contributed by atoms with Crippen molar-refractivity contribution in [2.24, 2.45) is 0 Å². The third kappa shape index (κ3) is 2.76. The number of thiazole rings is 1. The summed E-state index contributed by atoms with van der Waals surface area (Å²) < 4.78 is 5.38. The molecule has 13 heavy (non-hydrogen) atoms. The fourth-order valence-electron chi connectivity index (χ4n) is 1.17. The number of hydrogen-bond acceptors (Lipinski definition) is 3. The molecule has 2 rings (SSSR count). The van der Waals surface area contributed by atoms with E-state index in [1.807, 2.05) is 0 Å². The molecule has 0 aromatic carbocycles. The van der Waals surface area contributed by atoms with Crippen LogP contribution in [0.3, 0.4) is 0 Å². The lowest BCUT2D eigenvalue weighted by Crippen LogP contribution is -1.95. The highest BCUT2D eigenvalue weighted by Gasteiger charge is 2.25. The van der Waals surface area contributed by atoms with E-state index in [4.69, 9.17) is 4.74 Å². The van der Waals surface area contributed by atoms with Crippen LogP contribution in [0.4, 0.5) is 0 Å². The molecule has 0 aliphatic heterocycles. The molecule has 1 aliphatic carbocycles. The monoisotopic (exact) mass is 261 g/mol. The third-order valence-corrected chi connectivity index (χ3v) is 3.18. The molecule has 1 heterocycles. The first-order valence-electron chi connectivity index (χ1n) is 4.48. The molecule has 72 valence electrons. The Morgan fingerprint density at radius 1 is 1.62 bits per heavy atom. The molecule has 0 amide bonds. The van der Waals surface area contributed by atoms with E-state index in [2.05, 4.69) is 26.3 Å². The van der Waals surface area contributed by atoms with E-state index < -0.39 is 0 Å². The Labute approximate surface area is 90.5 Å². The van der Waals surface area contributed by atoms with Crippen LogP contribution >= 0.6 is 27.3 Å². The van der Waals surface area contributed by atoms with Crippen LogP contribution in [-0.2, 0) is 11.3 Å². The lowest BCUT2D eigenvalue weighted by molar-refractivity contribution is 0.137. The summed E-state index contributed by atoms with van der Waals surface area (Å²) in [6.07, 6.45) is 2.65. The first kappa shape index (κ1) is 9.62. The summed E-state index contributed by atoms with van der Waals surface area (Å²) in [7, 11) is 0. The second-order valence-corrected chi connectivity index (χ2v) is 4.92. The van der Waals surface area contributed by atoms with Gasteiger partial charge < -0.3 is 4.74 Å². The van der Waals surface area contributed by atoms with E-state index in [0.29, 0.717) is 6.61 Å². The van der Waals surface area contributed by atoms with Gasteiger partial charge in [0, 0.05) is 16.6 Å². The molecule has 1 fully saturated rings. The van der Waals surface area contributed by atoms with Crippen molar-refractivity contribution in [2.45, 2.75) is 25.4 Å². The van der Waals surface area contributed by atoms with Gasteiger partial charge in [0.25, 0.3) is 0 Å². The van der Waals surface area contributed by atoms with Gasteiger partial charge in [0.2, 0.25) is 0 Å². The van der Waals surface area contributed by atoms with Crippen molar-refractivity contribution < 1.29 is 4.74 Å². The third-order valence-electron chi connectivity index (χ3n) is 2.01. The van der Waals surface area contributed by atoms with Crippen LogP contribution in [0.25, 0.3) is 0 Å². The predicted octanol–water partition coefficient (Wildman–Crippen LogP) is 2.93. The van der Waals surface area contributed by atoms with Gasteiger partial charge in [-0.15, -0.1) is 11.3 Å². The molecule has 4 heteroatoms. The highest BCUT2D eigenvalue weighted by Crippen LogP contribution is 2.40. The van der Waals surface area contributed by atoms with E-state index in [-0.39, 0.29) is 0 Å². The highest BCUT2D eigenvalue weighted by atomic mass is 79.9. The summed E-state index contributed by atoms with van der Waals surface area (Å²) >= 11 is 5.04. The SMILES string of the molecule is BrCCOCc1nc(C2CC2)cs1. The molecule has 0 N–H and O–H groups in total. The Hall–Kier alpha value is 0.0700. The maximum absolute atomic E-state index is 5.38. The van der Waals surface area contributed by atoms with Crippen molar-refractivity contribution in [3.63, 3.8) is 0 Å². The highest BCUT2D eigenvalue weighted by molar-refractivity contribution is 9.09. The van der Waals surface area contributed by atoms with Crippen molar-refractivity contribution in [2.75, 3.05) is 11.9 Å². The topological polar surface area (TPSA) is 22.1 Å². The van der Waals surface area contributed by atoms with Crippen molar-refractivity contribution in [1.29, 1.82) is 0 Å². The van der Waals surface area contributed by atoms with Crippen LogP contribution in [0, 0.1) is 0 Å². The van der Waals surface area contributed by atoms with Gasteiger partial charge in [-0.25, -0.2) is 4.98 Å². The molecule has 1 aromatic rings. The smallest absolute Gasteiger partial charge is 0.119 e. The van der Waals surface area contributed by atoms with E-state index in [1.54, 1.807) is 11.3 Å². The molecule has 0 atom stereocenters. The fourth-order valence-corrected chi connectivity index (χ4v) is 2.21. The van der Waals surface area contributed by atoms with Crippen molar-refractivity contribution in [1.82, 2.24) is 4.98 Å². The van der Waals surface area contributed by atoms with Gasteiger partial charge in [0.05, 0.1) is 18.9 Å². The summed E-state index contributed by atoms with van der Waals surface area (Å²) in [4.78, 5) is 4.52. The molecule has 1 saturated carbocycles. The van der Waals surface area contributed by atoms with Crippen molar-refractivity contribution in [3.05, 3.63) is 16.1 Å². The summed E-state index contributed by atoms with van der Waals surface area (Å²) in [6, 6.07) is 0. The average Bonchev–Trinajstić information content (AvgIpc) is 2.88. The molecule has 1 aromatic heterocycles. The second-order valence-electron chi connectivity index (χ2n) is 3.18. The van der Waals surface area contributed by atoms with Crippen LogP contribution in [0.5, 0.6) is 0 Å². The Morgan fingerprint density at radius 2 is 2.46 bits per heavy atom. The summed E-state index contributed by atoms with van der Waals surface area (Å²) in [5, 5.41) is 4.18. The minimum Gasteiger partial charge on any atom is -0.373 e. The molecule has 0 radical (unpaired) electrons. The molecule has 0 bridgehead atoms. The van der Waals surface area contributed by atoms with Gasteiger partial charge in [-0.1, -0.05) is 15.9 Å². The number of rotatable bonds is 5. The van der Waals surface area contributed by atoms with E-state index in [9.17, 15) is 0 Å². The zero-order valence-corrected chi connectivity index (χ0v) is 9.73. The predicted molar refractivity (Wildman–Crippen MR) is 57.5 cm³/mol. The van der Waals surface area contributed by atoms with Gasteiger partial charge in [0.15, 0.2) is 0 Å². The number of aromatic nitrogens is 1. The van der Waals surface area contributed by atoms with Gasteiger partial charge in [-0.3, -0.25) is 0 Å². The minimum atomic E-state index is 0.670. The van der Waals surface area contributed by atoms with Gasteiger partial charge in [-0.05, 0) is 12.8 Å². The van der Waals surface area contributed by atoms with Gasteiger partial charge >= 0.3 is 0 Å². The number of halogens is 1. The van der Waals surface area contributed by atoms with Gasteiger partial charge in [0.1, 0.15) is 5.01 Å². The van der Waals surface area contributed by atoms with Crippen LogP contribution in [-0.4, -0.2) is 16.9 Å². The molecule has 0 saturated heterocycles. The van der Waals surface area contributed by atoms with Crippen molar-refractivity contribution >= 4 is 27.3 Å². The molecule has 0 unspecified atom stereocenters. The Balaban J connectivity index is 1.82. The Bertz CT molecular complexity index is 272. The average molecular weight is 262 g/mol. The van der Waals surface area contributed by atoms with Crippen LogP contribution in [0.2, 0.25) is 0 Å². The lowest BCUT2D eigenvalue weighted by Gasteiger charge is -1.96. The van der Waals surface area contributed by atoms with E-state index in [0.717, 1.165) is 22.9 Å². The standard InChI is InChI=1S/C9H12BrNOS/c10-3-4-12-5-9-11-8(6-13-9)7-1-2-7/h6-7H,1-5H2. The van der Waals surface area contributed by atoms with Crippen LogP contribution < -0.4 is 0 Å². The van der Waals surface area contributed by atoms with E-state index in [1.165, 1.54) is 18.5 Å². The molecule has 1 aliphatic rings. The Morgan fingerprint density at radius 3 is 3.15 bits per heavy atom. The molecule has 0 spiro atoms. The van der Waals surface area contributed by atoms with Crippen molar-refractivity contribution in [3.8, 4) is 0 Å². The summed E-state index contributed by atoms with van der Waals surface area (Å²) in [5.74, 6) is 0.765. The molecule has 2 nitrogen and oxygen atoms in total. The van der Waals surface area contributed by atoms with Crippen LogP contribution in [0.15, 0.2) is 5.38 Å². The minimum absolute atomic E-state index is 0.670. The van der Waals surface area contributed by atoms with Crippen LogP contribution in [0.1, 0.15) is 29.5 Å². The van der Waals surface area contributed by atoms with Gasteiger partial charge in [-0.2, -0.15) is 0 Å². The summed E-state index contributed by atoms with van der Waals surface area (Å²) in [6.45, 7) is 1.43. The van der Waals surface area contributed by atoms with E-state index >= 15 is 0 Å². The lowest BCUT2D eigenvalue weighted by atomic mass is 10.3. The number of hydrogen-bond donors (Lipinski definition) is 0. The normalized spacial score (nSPS) is 16.4. The Kier molecular flexibility index (Phi) is 3.35. The largest absolute Gasteiger partial charge is 0.373 e. The quantitative estimate of drug-likeness (QED) is 0.601. The molecular formula is C9H12BrNOS. The molecular weight excluding hydrogens is 250 g/mol. The zero-order chi connectivity index (χ0) is 9.10. The summed E-state index contributed by atoms with van der Waals surface area (Å²) in [5.41, 5.74) is 1.28. The first-order chi connectivity index (χ1) is 6.40. The number of alkyl halides is 1. The maximum atomic E-state index is 5.38. The fraction of sp³-hybridized carbons (Fsp3) is 0.667.